The average Bonchev–Trinajstić information content (AvgIpc) is 2.69. The van der Waals surface area contributed by atoms with E-state index in [9.17, 15) is 4.79 Å². The number of carbonyl (C=O) groups is 1. The van der Waals surface area contributed by atoms with Crippen molar-refractivity contribution < 1.29 is 9.53 Å². The number of ether oxygens (including phenoxy) is 1. The molecule has 0 spiro atoms. The summed E-state index contributed by atoms with van der Waals surface area (Å²) >= 11 is 0. The van der Waals surface area contributed by atoms with Crippen molar-refractivity contribution >= 4 is 5.91 Å². The van der Waals surface area contributed by atoms with Gasteiger partial charge in [0.1, 0.15) is 5.82 Å². The van der Waals surface area contributed by atoms with Gasteiger partial charge in [0.2, 0.25) is 5.82 Å². The van der Waals surface area contributed by atoms with E-state index in [4.69, 9.17) is 4.74 Å². The molecule has 0 fully saturated rings. The maximum Gasteiger partial charge on any atom is 0.293 e. The van der Waals surface area contributed by atoms with Crippen molar-refractivity contribution in [3.63, 3.8) is 0 Å². The summed E-state index contributed by atoms with van der Waals surface area (Å²) in [5.41, 5.74) is 0. The maximum atomic E-state index is 12.1. The lowest BCUT2D eigenvalue weighted by molar-refractivity contribution is 0.0660. The largest absolute Gasteiger partial charge is 0.383 e. The van der Waals surface area contributed by atoms with Crippen molar-refractivity contribution in [3.8, 4) is 0 Å². The normalized spacial score (nSPS) is 10.9. The number of aryl methyl sites for hydroxylation is 1. The van der Waals surface area contributed by atoms with Crippen LogP contribution in [0.25, 0.3) is 0 Å². The molecule has 1 rings (SSSR count). The minimum absolute atomic E-state index is 0.153. The number of hydrogen-bond donors (Lipinski definition) is 1. The first-order valence-electron chi connectivity index (χ1n) is 5.71. The topological polar surface area (TPSA) is 71.1 Å². The van der Waals surface area contributed by atoms with Gasteiger partial charge in [0, 0.05) is 20.2 Å². The molecule has 1 amide bonds. The Morgan fingerprint density at radius 1 is 1.53 bits per heavy atom. The molecule has 0 unspecified atom stereocenters. The molecule has 0 saturated carbocycles. The summed E-state index contributed by atoms with van der Waals surface area (Å²) in [6.45, 7) is 7.65. The Morgan fingerprint density at radius 2 is 2.24 bits per heavy atom. The highest BCUT2D eigenvalue weighted by Crippen LogP contribution is 2.04. The van der Waals surface area contributed by atoms with E-state index in [0.717, 1.165) is 0 Å². The van der Waals surface area contributed by atoms with E-state index in [2.05, 4.69) is 29.0 Å². The molecule has 0 aliphatic rings. The molecule has 17 heavy (non-hydrogen) atoms. The summed E-state index contributed by atoms with van der Waals surface area (Å²) in [4.78, 5) is 17.9. The fourth-order valence-corrected chi connectivity index (χ4v) is 1.50. The van der Waals surface area contributed by atoms with Crippen molar-refractivity contribution in [2.45, 2.75) is 20.8 Å². The standard InChI is InChI=1S/C11H20N4O2/c1-8(2)7-15(5-6-17-4)11(16)10-12-9(3)13-14-10/h8H,5-7H2,1-4H3,(H,12,13,14). The Labute approximate surface area is 101 Å². The highest BCUT2D eigenvalue weighted by Gasteiger charge is 2.20. The number of aromatic amines is 1. The van der Waals surface area contributed by atoms with Crippen LogP contribution >= 0.6 is 0 Å². The summed E-state index contributed by atoms with van der Waals surface area (Å²) in [5, 5.41) is 6.56. The van der Waals surface area contributed by atoms with E-state index in [-0.39, 0.29) is 11.7 Å². The van der Waals surface area contributed by atoms with Crippen molar-refractivity contribution in [1.29, 1.82) is 0 Å². The van der Waals surface area contributed by atoms with Crippen LogP contribution in [0.2, 0.25) is 0 Å². The van der Waals surface area contributed by atoms with Gasteiger partial charge in [0.05, 0.1) is 6.61 Å². The van der Waals surface area contributed by atoms with E-state index in [0.29, 0.717) is 31.4 Å². The van der Waals surface area contributed by atoms with Gasteiger partial charge in [0.25, 0.3) is 5.91 Å². The second kappa shape index (κ2) is 6.34. The van der Waals surface area contributed by atoms with Crippen LogP contribution in [0.4, 0.5) is 0 Å². The molecule has 0 bridgehead atoms. The van der Waals surface area contributed by atoms with Gasteiger partial charge in [-0.15, -0.1) is 5.10 Å². The Balaban J connectivity index is 2.71. The molecular formula is C11H20N4O2. The van der Waals surface area contributed by atoms with E-state index in [1.807, 2.05) is 0 Å². The van der Waals surface area contributed by atoms with Crippen LogP contribution in [0.5, 0.6) is 0 Å². The fourth-order valence-electron chi connectivity index (χ4n) is 1.50. The predicted octanol–water partition coefficient (Wildman–Crippen LogP) is 0.858. The first-order valence-corrected chi connectivity index (χ1v) is 5.71. The third kappa shape index (κ3) is 4.14. The lowest BCUT2D eigenvalue weighted by Crippen LogP contribution is -2.37. The van der Waals surface area contributed by atoms with Crippen molar-refractivity contribution in [3.05, 3.63) is 11.6 Å². The quantitative estimate of drug-likeness (QED) is 0.800. The molecule has 1 aromatic heterocycles. The van der Waals surface area contributed by atoms with Crippen LogP contribution in [-0.4, -0.2) is 52.8 Å². The molecule has 0 aliphatic heterocycles. The zero-order chi connectivity index (χ0) is 12.8. The first kappa shape index (κ1) is 13.6. The van der Waals surface area contributed by atoms with Gasteiger partial charge in [-0.2, -0.15) is 0 Å². The number of nitrogens with zero attached hydrogens (tertiary/aromatic N) is 3. The summed E-state index contributed by atoms with van der Waals surface area (Å²) < 4.78 is 5.00. The van der Waals surface area contributed by atoms with Crippen molar-refractivity contribution in [1.82, 2.24) is 20.1 Å². The molecule has 0 atom stereocenters. The maximum absolute atomic E-state index is 12.1. The lowest BCUT2D eigenvalue weighted by atomic mass is 10.2. The highest BCUT2D eigenvalue weighted by atomic mass is 16.5. The molecule has 0 radical (unpaired) electrons. The summed E-state index contributed by atoms with van der Waals surface area (Å²) in [6, 6.07) is 0. The van der Waals surface area contributed by atoms with Gasteiger partial charge in [-0.25, -0.2) is 4.98 Å². The number of hydrogen-bond acceptors (Lipinski definition) is 4. The minimum Gasteiger partial charge on any atom is -0.383 e. The van der Waals surface area contributed by atoms with Crippen LogP contribution in [-0.2, 0) is 4.74 Å². The number of H-pyrrole nitrogens is 1. The zero-order valence-electron chi connectivity index (χ0n) is 10.9. The molecule has 6 heteroatoms. The molecule has 0 aliphatic carbocycles. The molecule has 0 aromatic carbocycles. The number of aromatic nitrogens is 3. The number of methoxy groups -OCH3 is 1. The number of carbonyl (C=O) groups excluding carboxylic acids is 1. The van der Waals surface area contributed by atoms with E-state index in [1.165, 1.54) is 0 Å². The molecule has 1 heterocycles. The average molecular weight is 240 g/mol. The minimum atomic E-state index is -0.153. The summed E-state index contributed by atoms with van der Waals surface area (Å²) in [7, 11) is 1.62. The zero-order valence-corrected chi connectivity index (χ0v) is 10.9. The molecule has 1 aromatic rings. The van der Waals surface area contributed by atoms with E-state index in [1.54, 1.807) is 18.9 Å². The highest BCUT2D eigenvalue weighted by molar-refractivity contribution is 5.90. The van der Waals surface area contributed by atoms with Gasteiger partial charge in [-0.3, -0.25) is 9.89 Å². The lowest BCUT2D eigenvalue weighted by Gasteiger charge is -2.22. The predicted molar refractivity (Wildman–Crippen MR) is 63.7 cm³/mol. The smallest absolute Gasteiger partial charge is 0.293 e. The summed E-state index contributed by atoms with van der Waals surface area (Å²) in [6.07, 6.45) is 0. The summed E-state index contributed by atoms with van der Waals surface area (Å²) in [5.74, 6) is 1.11. The Hall–Kier alpha value is -1.43. The Morgan fingerprint density at radius 3 is 2.71 bits per heavy atom. The Bertz CT molecular complexity index is 362. The first-order chi connectivity index (χ1) is 8.04. The number of nitrogens with one attached hydrogen (secondary N) is 1. The monoisotopic (exact) mass is 240 g/mol. The van der Waals surface area contributed by atoms with Crippen LogP contribution in [0.15, 0.2) is 0 Å². The molecule has 1 N–H and O–H groups in total. The molecular weight excluding hydrogens is 220 g/mol. The van der Waals surface area contributed by atoms with Crippen molar-refractivity contribution in [2.24, 2.45) is 5.92 Å². The van der Waals surface area contributed by atoms with Gasteiger partial charge < -0.3 is 9.64 Å². The second-order valence-electron chi connectivity index (χ2n) is 4.38. The van der Waals surface area contributed by atoms with Gasteiger partial charge in [-0.05, 0) is 12.8 Å². The van der Waals surface area contributed by atoms with Crippen LogP contribution < -0.4 is 0 Å². The molecule has 6 nitrogen and oxygen atoms in total. The van der Waals surface area contributed by atoms with E-state index >= 15 is 0 Å². The Kier molecular flexibility index (Phi) is 5.09. The van der Waals surface area contributed by atoms with Crippen molar-refractivity contribution in [2.75, 3.05) is 26.8 Å². The number of rotatable bonds is 6. The van der Waals surface area contributed by atoms with Gasteiger partial charge >= 0.3 is 0 Å². The third-order valence-corrected chi connectivity index (χ3v) is 2.23. The van der Waals surface area contributed by atoms with E-state index < -0.39 is 0 Å². The second-order valence-corrected chi connectivity index (χ2v) is 4.38. The fraction of sp³-hybridized carbons (Fsp3) is 0.727. The van der Waals surface area contributed by atoms with Gasteiger partial charge in [0.15, 0.2) is 0 Å². The number of amides is 1. The van der Waals surface area contributed by atoms with Crippen LogP contribution in [0, 0.1) is 12.8 Å². The van der Waals surface area contributed by atoms with Gasteiger partial charge in [-0.1, -0.05) is 13.8 Å². The van der Waals surface area contributed by atoms with Crippen LogP contribution in [0.1, 0.15) is 30.3 Å². The SMILES string of the molecule is COCCN(CC(C)C)C(=O)c1n[nH]c(C)n1. The molecule has 0 saturated heterocycles. The molecule has 96 valence electrons. The third-order valence-electron chi connectivity index (χ3n) is 2.23. The van der Waals surface area contributed by atoms with Crippen LogP contribution in [0.3, 0.4) is 0 Å².